The average Bonchev–Trinajstić information content (AvgIpc) is 2.16. The monoisotopic (exact) mass is 224 g/mol. The fraction of sp³-hybridized carbons (Fsp3) is 0.222. The van der Waals surface area contributed by atoms with Crippen LogP contribution in [0.3, 0.4) is 0 Å². The molecule has 0 radical (unpaired) electrons. The van der Waals surface area contributed by atoms with E-state index in [1.807, 2.05) is 24.3 Å². The van der Waals surface area contributed by atoms with Gasteiger partial charge in [-0.3, -0.25) is 4.90 Å². The first kappa shape index (κ1) is 9.08. The molecular formula is C9H9BrN2. The lowest BCUT2D eigenvalue weighted by atomic mass is 10.2. The van der Waals surface area contributed by atoms with Crippen molar-refractivity contribution in [2.75, 3.05) is 11.9 Å². The molecule has 0 spiro atoms. The van der Waals surface area contributed by atoms with Gasteiger partial charge in [0.25, 0.3) is 0 Å². The average molecular weight is 225 g/mol. The molecule has 3 heteroatoms. The fourth-order valence-electron chi connectivity index (χ4n) is 1.00. The number of para-hydroxylation sites is 1. The molecule has 0 fully saturated rings. The largest absolute Gasteiger partial charge is 0.282 e. The molecule has 0 atom stereocenters. The van der Waals surface area contributed by atoms with Crippen molar-refractivity contribution >= 4 is 21.6 Å². The van der Waals surface area contributed by atoms with E-state index in [0.29, 0.717) is 0 Å². The van der Waals surface area contributed by atoms with Crippen molar-refractivity contribution in [3.63, 3.8) is 0 Å². The summed E-state index contributed by atoms with van der Waals surface area (Å²) in [5.41, 5.74) is 2.08. The summed E-state index contributed by atoms with van der Waals surface area (Å²) in [6.45, 7) is 0. The van der Waals surface area contributed by atoms with Crippen LogP contribution in [-0.4, -0.2) is 7.05 Å². The van der Waals surface area contributed by atoms with Gasteiger partial charge in [0.1, 0.15) is 0 Å². The van der Waals surface area contributed by atoms with Crippen LogP contribution in [0.5, 0.6) is 0 Å². The number of nitrogens with zero attached hydrogens (tertiary/aromatic N) is 2. The second-order valence-electron chi connectivity index (χ2n) is 2.42. The molecule has 0 unspecified atom stereocenters. The summed E-state index contributed by atoms with van der Waals surface area (Å²) in [5.74, 6) is 0. The number of halogens is 1. The van der Waals surface area contributed by atoms with E-state index in [2.05, 4.69) is 22.1 Å². The van der Waals surface area contributed by atoms with Crippen molar-refractivity contribution in [2.24, 2.45) is 0 Å². The van der Waals surface area contributed by atoms with Gasteiger partial charge in [-0.15, -0.1) is 0 Å². The first-order valence-corrected chi connectivity index (χ1v) is 4.69. The molecule has 0 aromatic heterocycles. The van der Waals surface area contributed by atoms with E-state index in [1.54, 1.807) is 11.9 Å². The Balaban J connectivity index is 3.06. The molecule has 1 aromatic carbocycles. The van der Waals surface area contributed by atoms with Crippen LogP contribution in [-0.2, 0) is 5.33 Å². The summed E-state index contributed by atoms with van der Waals surface area (Å²) in [4.78, 5) is 1.55. The molecule has 12 heavy (non-hydrogen) atoms. The molecule has 62 valence electrons. The van der Waals surface area contributed by atoms with E-state index in [1.165, 1.54) is 0 Å². The summed E-state index contributed by atoms with van der Waals surface area (Å²) in [6.07, 6.45) is 2.07. The number of hydrogen-bond acceptors (Lipinski definition) is 2. The summed E-state index contributed by atoms with van der Waals surface area (Å²) < 4.78 is 0. The molecule has 0 saturated carbocycles. The Kier molecular flexibility index (Phi) is 3.12. The highest BCUT2D eigenvalue weighted by molar-refractivity contribution is 9.08. The van der Waals surface area contributed by atoms with Crippen LogP contribution in [0.1, 0.15) is 5.56 Å². The molecule has 0 aliphatic carbocycles. The van der Waals surface area contributed by atoms with Gasteiger partial charge in [0.15, 0.2) is 6.19 Å². The molecule has 0 heterocycles. The molecule has 0 aliphatic rings. The van der Waals surface area contributed by atoms with E-state index >= 15 is 0 Å². The molecule has 0 saturated heterocycles. The van der Waals surface area contributed by atoms with E-state index in [0.717, 1.165) is 16.6 Å². The van der Waals surface area contributed by atoms with Crippen LogP contribution >= 0.6 is 15.9 Å². The number of nitriles is 1. The number of alkyl halides is 1. The van der Waals surface area contributed by atoms with E-state index in [-0.39, 0.29) is 0 Å². The number of anilines is 1. The van der Waals surface area contributed by atoms with Gasteiger partial charge in [0, 0.05) is 12.4 Å². The zero-order chi connectivity index (χ0) is 8.97. The van der Waals surface area contributed by atoms with Crippen molar-refractivity contribution in [1.29, 1.82) is 5.26 Å². The van der Waals surface area contributed by atoms with Gasteiger partial charge in [0.2, 0.25) is 0 Å². The van der Waals surface area contributed by atoms with Gasteiger partial charge in [-0.1, -0.05) is 34.1 Å². The van der Waals surface area contributed by atoms with E-state index < -0.39 is 0 Å². The third-order valence-corrected chi connectivity index (χ3v) is 2.25. The number of rotatable bonds is 2. The Labute approximate surface area is 80.5 Å². The highest BCUT2D eigenvalue weighted by atomic mass is 79.9. The van der Waals surface area contributed by atoms with Crippen LogP contribution in [0.25, 0.3) is 0 Å². The standard InChI is InChI=1S/C9H9BrN2/c1-12(7-11)9-5-3-2-4-8(9)6-10/h2-5H,6H2,1H3. The molecule has 0 N–H and O–H groups in total. The summed E-state index contributed by atoms with van der Waals surface area (Å²) in [5, 5.41) is 9.44. The smallest absolute Gasteiger partial charge is 0.184 e. The Bertz CT molecular complexity index is 304. The van der Waals surface area contributed by atoms with Crippen LogP contribution in [0.2, 0.25) is 0 Å². The molecule has 0 bridgehead atoms. The lowest BCUT2D eigenvalue weighted by Crippen LogP contribution is -2.09. The third kappa shape index (κ3) is 1.77. The maximum absolute atomic E-state index is 8.67. The van der Waals surface area contributed by atoms with E-state index in [4.69, 9.17) is 5.26 Å². The quantitative estimate of drug-likeness (QED) is 0.439. The number of benzene rings is 1. The summed E-state index contributed by atoms with van der Waals surface area (Å²) >= 11 is 3.37. The highest BCUT2D eigenvalue weighted by Crippen LogP contribution is 2.20. The minimum Gasteiger partial charge on any atom is -0.282 e. The fourth-order valence-corrected chi connectivity index (χ4v) is 1.48. The van der Waals surface area contributed by atoms with Crippen molar-refractivity contribution in [2.45, 2.75) is 5.33 Å². The predicted octanol–water partition coefficient (Wildman–Crippen LogP) is 2.50. The lowest BCUT2D eigenvalue weighted by Gasteiger charge is -2.12. The molecule has 0 amide bonds. The van der Waals surface area contributed by atoms with Gasteiger partial charge in [0.05, 0.1) is 5.69 Å². The Morgan fingerprint density at radius 2 is 2.17 bits per heavy atom. The molecular weight excluding hydrogens is 216 g/mol. The molecule has 0 aliphatic heterocycles. The van der Waals surface area contributed by atoms with Gasteiger partial charge >= 0.3 is 0 Å². The van der Waals surface area contributed by atoms with Crippen molar-refractivity contribution in [3.8, 4) is 6.19 Å². The normalized spacial score (nSPS) is 9.08. The topological polar surface area (TPSA) is 27.0 Å². The van der Waals surface area contributed by atoms with Gasteiger partial charge in [-0.25, -0.2) is 0 Å². The first-order chi connectivity index (χ1) is 5.79. The molecule has 1 aromatic rings. The summed E-state index contributed by atoms with van der Waals surface area (Å²) in [7, 11) is 1.75. The Morgan fingerprint density at radius 1 is 1.50 bits per heavy atom. The Morgan fingerprint density at radius 3 is 2.75 bits per heavy atom. The lowest BCUT2D eigenvalue weighted by molar-refractivity contribution is 1.18. The predicted molar refractivity (Wildman–Crippen MR) is 53.1 cm³/mol. The van der Waals surface area contributed by atoms with Crippen LogP contribution < -0.4 is 4.90 Å². The van der Waals surface area contributed by atoms with E-state index in [9.17, 15) is 0 Å². The van der Waals surface area contributed by atoms with Crippen LogP contribution in [0.4, 0.5) is 5.69 Å². The SMILES string of the molecule is CN(C#N)c1ccccc1CBr. The zero-order valence-electron chi connectivity index (χ0n) is 6.79. The highest BCUT2D eigenvalue weighted by Gasteiger charge is 2.03. The van der Waals surface area contributed by atoms with Crippen molar-refractivity contribution in [3.05, 3.63) is 29.8 Å². The minimum atomic E-state index is 0.773. The maximum atomic E-state index is 8.67. The van der Waals surface area contributed by atoms with Gasteiger partial charge in [-0.05, 0) is 11.6 Å². The van der Waals surface area contributed by atoms with Crippen molar-refractivity contribution < 1.29 is 0 Å². The second-order valence-corrected chi connectivity index (χ2v) is 2.98. The minimum absolute atomic E-state index is 0.773. The molecule has 1 rings (SSSR count). The van der Waals surface area contributed by atoms with Gasteiger partial charge < -0.3 is 0 Å². The van der Waals surface area contributed by atoms with Crippen molar-refractivity contribution in [1.82, 2.24) is 0 Å². The first-order valence-electron chi connectivity index (χ1n) is 3.57. The third-order valence-electron chi connectivity index (χ3n) is 1.65. The molecule has 2 nitrogen and oxygen atoms in total. The maximum Gasteiger partial charge on any atom is 0.184 e. The van der Waals surface area contributed by atoms with Gasteiger partial charge in [-0.2, -0.15) is 5.26 Å². The second kappa shape index (κ2) is 4.13. The number of hydrogen-bond donors (Lipinski definition) is 0. The van der Waals surface area contributed by atoms with Crippen LogP contribution in [0.15, 0.2) is 24.3 Å². The van der Waals surface area contributed by atoms with Crippen LogP contribution in [0, 0.1) is 11.5 Å². The zero-order valence-corrected chi connectivity index (χ0v) is 8.37. The Hall–Kier alpha value is -1.01. The summed E-state index contributed by atoms with van der Waals surface area (Å²) in [6, 6.07) is 7.82.